The summed E-state index contributed by atoms with van der Waals surface area (Å²) in [5.74, 6) is 0.234. The Morgan fingerprint density at radius 3 is 3.00 bits per heavy atom. The third-order valence-electron chi connectivity index (χ3n) is 3.60. The third-order valence-corrected chi connectivity index (χ3v) is 3.60. The average molecular weight is 261 g/mol. The van der Waals surface area contributed by atoms with Crippen molar-refractivity contribution in [2.24, 2.45) is 0 Å². The molecule has 0 saturated carbocycles. The molecule has 1 unspecified atom stereocenters. The topological polar surface area (TPSA) is 45.2 Å². The van der Waals surface area contributed by atoms with Crippen LogP contribution in [0, 0.1) is 0 Å². The van der Waals surface area contributed by atoms with E-state index in [0.29, 0.717) is 19.0 Å². The summed E-state index contributed by atoms with van der Waals surface area (Å²) in [5.41, 5.74) is 1.09. The molecule has 19 heavy (non-hydrogen) atoms. The van der Waals surface area contributed by atoms with E-state index in [1.54, 1.807) is 6.20 Å². The zero-order valence-corrected chi connectivity index (χ0v) is 11.8. The molecule has 1 aliphatic heterocycles. The maximum atomic E-state index is 12.4. The molecule has 104 valence electrons. The molecule has 1 fully saturated rings. The quantitative estimate of drug-likeness (QED) is 0.881. The molecule has 0 aliphatic carbocycles. The van der Waals surface area contributed by atoms with Crippen LogP contribution in [0.25, 0.3) is 0 Å². The molecule has 1 atom stereocenters. The average Bonchev–Trinajstić information content (AvgIpc) is 2.89. The lowest BCUT2D eigenvalue weighted by Crippen LogP contribution is -2.39. The summed E-state index contributed by atoms with van der Waals surface area (Å²) in [7, 11) is 0. The molecule has 1 aliphatic rings. The Morgan fingerprint density at radius 2 is 2.42 bits per heavy atom. The fourth-order valence-electron chi connectivity index (χ4n) is 2.51. The summed E-state index contributed by atoms with van der Waals surface area (Å²) in [5, 5.41) is 3.39. The zero-order chi connectivity index (χ0) is 13.7. The van der Waals surface area contributed by atoms with Crippen LogP contribution in [0.5, 0.6) is 0 Å². The SMILES string of the molecule is CC(C)N(Cc1cccnc1)C(=O)CC1CCCN1. The molecular formula is C15H23N3O. The molecule has 0 bridgehead atoms. The Bertz CT molecular complexity index is 399. The molecule has 1 aromatic heterocycles. The van der Waals surface area contributed by atoms with Crippen LogP contribution in [-0.4, -0.2) is 34.4 Å². The Balaban J connectivity index is 1.96. The van der Waals surface area contributed by atoms with Gasteiger partial charge in [0.25, 0.3) is 0 Å². The smallest absolute Gasteiger partial charge is 0.224 e. The van der Waals surface area contributed by atoms with E-state index in [1.165, 1.54) is 6.42 Å². The van der Waals surface area contributed by atoms with Crippen LogP contribution in [0.15, 0.2) is 24.5 Å². The fraction of sp³-hybridized carbons (Fsp3) is 0.600. The number of carbonyl (C=O) groups is 1. The highest BCUT2D eigenvalue weighted by molar-refractivity contribution is 5.77. The Labute approximate surface area is 115 Å². The van der Waals surface area contributed by atoms with Gasteiger partial charge in [-0.15, -0.1) is 0 Å². The van der Waals surface area contributed by atoms with Crippen LogP contribution < -0.4 is 5.32 Å². The van der Waals surface area contributed by atoms with Gasteiger partial charge in [-0.2, -0.15) is 0 Å². The summed E-state index contributed by atoms with van der Waals surface area (Å²) in [6, 6.07) is 4.51. The Hall–Kier alpha value is -1.42. The first-order valence-corrected chi connectivity index (χ1v) is 7.08. The lowest BCUT2D eigenvalue weighted by Gasteiger charge is -2.28. The highest BCUT2D eigenvalue weighted by Gasteiger charge is 2.23. The van der Waals surface area contributed by atoms with E-state index >= 15 is 0 Å². The van der Waals surface area contributed by atoms with E-state index in [4.69, 9.17) is 0 Å². The second-order valence-electron chi connectivity index (χ2n) is 5.47. The molecule has 0 aromatic carbocycles. The summed E-state index contributed by atoms with van der Waals surface area (Å²) in [4.78, 5) is 18.5. The normalized spacial score (nSPS) is 18.8. The van der Waals surface area contributed by atoms with Crippen molar-refractivity contribution in [2.45, 2.75) is 51.7 Å². The molecule has 0 spiro atoms. The first kappa shape index (κ1) is 14.0. The van der Waals surface area contributed by atoms with Crippen molar-refractivity contribution in [1.82, 2.24) is 15.2 Å². The first-order valence-electron chi connectivity index (χ1n) is 7.08. The number of carbonyl (C=O) groups excluding carboxylic acids is 1. The number of rotatable bonds is 5. The van der Waals surface area contributed by atoms with E-state index < -0.39 is 0 Å². The van der Waals surface area contributed by atoms with Gasteiger partial charge in [0, 0.05) is 37.4 Å². The minimum absolute atomic E-state index is 0.217. The van der Waals surface area contributed by atoms with E-state index in [-0.39, 0.29) is 11.9 Å². The standard InChI is InChI=1S/C15H23N3O/c1-12(2)18(11-13-5-3-7-16-10-13)15(19)9-14-6-4-8-17-14/h3,5,7,10,12,14,17H,4,6,8-9,11H2,1-2H3. The summed E-state index contributed by atoms with van der Waals surface area (Å²) in [6.45, 7) is 5.83. The maximum absolute atomic E-state index is 12.4. The highest BCUT2D eigenvalue weighted by atomic mass is 16.2. The monoisotopic (exact) mass is 261 g/mol. The van der Waals surface area contributed by atoms with Crippen LogP contribution in [0.1, 0.15) is 38.7 Å². The first-order chi connectivity index (χ1) is 9.16. The van der Waals surface area contributed by atoms with Gasteiger partial charge in [-0.1, -0.05) is 6.07 Å². The largest absolute Gasteiger partial charge is 0.336 e. The van der Waals surface area contributed by atoms with Gasteiger partial charge in [0.2, 0.25) is 5.91 Å². The number of hydrogen-bond donors (Lipinski definition) is 1. The molecule has 1 aromatic rings. The minimum atomic E-state index is 0.217. The van der Waals surface area contributed by atoms with E-state index in [1.807, 2.05) is 23.2 Å². The number of nitrogens with one attached hydrogen (secondary N) is 1. The van der Waals surface area contributed by atoms with Crippen molar-refractivity contribution >= 4 is 5.91 Å². The fourth-order valence-corrected chi connectivity index (χ4v) is 2.51. The predicted molar refractivity (Wildman–Crippen MR) is 75.6 cm³/mol. The van der Waals surface area contributed by atoms with Crippen LogP contribution in [0.2, 0.25) is 0 Å². The maximum Gasteiger partial charge on any atom is 0.224 e. The summed E-state index contributed by atoms with van der Waals surface area (Å²) in [6.07, 6.45) is 6.50. The molecule has 2 heterocycles. The second-order valence-corrected chi connectivity index (χ2v) is 5.47. The number of nitrogens with zero attached hydrogens (tertiary/aromatic N) is 2. The number of pyridine rings is 1. The predicted octanol–water partition coefficient (Wildman–Crippen LogP) is 1.96. The van der Waals surface area contributed by atoms with Crippen molar-refractivity contribution in [3.63, 3.8) is 0 Å². The number of amides is 1. The molecule has 1 saturated heterocycles. The molecule has 1 amide bonds. The van der Waals surface area contributed by atoms with Crippen LogP contribution >= 0.6 is 0 Å². The van der Waals surface area contributed by atoms with E-state index in [9.17, 15) is 4.79 Å². The molecule has 4 nitrogen and oxygen atoms in total. The van der Waals surface area contributed by atoms with Crippen molar-refractivity contribution in [1.29, 1.82) is 0 Å². The van der Waals surface area contributed by atoms with Crippen molar-refractivity contribution < 1.29 is 4.79 Å². The highest BCUT2D eigenvalue weighted by Crippen LogP contribution is 2.14. The van der Waals surface area contributed by atoms with Crippen LogP contribution in [0.3, 0.4) is 0 Å². The van der Waals surface area contributed by atoms with Gasteiger partial charge in [0.15, 0.2) is 0 Å². The number of hydrogen-bond acceptors (Lipinski definition) is 3. The number of aromatic nitrogens is 1. The van der Waals surface area contributed by atoms with Crippen molar-refractivity contribution in [2.75, 3.05) is 6.54 Å². The van der Waals surface area contributed by atoms with Crippen molar-refractivity contribution in [3.05, 3.63) is 30.1 Å². The van der Waals surface area contributed by atoms with Gasteiger partial charge in [-0.3, -0.25) is 9.78 Å². The molecular weight excluding hydrogens is 238 g/mol. The van der Waals surface area contributed by atoms with Gasteiger partial charge in [0.1, 0.15) is 0 Å². The van der Waals surface area contributed by atoms with Crippen molar-refractivity contribution in [3.8, 4) is 0 Å². The van der Waals surface area contributed by atoms with Crippen LogP contribution in [-0.2, 0) is 11.3 Å². The van der Waals surface area contributed by atoms with Gasteiger partial charge in [0.05, 0.1) is 0 Å². The molecule has 2 rings (SSSR count). The summed E-state index contributed by atoms with van der Waals surface area (Å²) >= 11 is 0. The van der Waals surface area contributed by atoms with Gasteiger partial charge in [-0.05, 0) is 44.9 Å². The molecule has 0 radical (unpaired) electrons. The molecule has 4 heteroatoms. The Kier molecular flexibility index (Phi) is 4.91. The zero-order valence-electron chi connectivity index (χ0n) is 11.8. The van der Waals surface area contributed by atoms with E-state index in [0.717, 1.165) is 18.5 Å². The van der Waals surface area contributed by atoms with Gasteiger partial charge < -0.3 is 10.2 Å². The molecule has 1 N–H and O–H groups in total. The lowest BCUT2D eigenvalue weighted by atomic mass is 10.1. The summed E-state index contributed by atoms with van der Waals surface area (Å²) < 4.78 is 0. The van der Waals surface area contributed by atoms with Crippen LogP contribution in [0.4, 0.5) is 0 Å². The van der Waals surface area contributed by atoms with Gasteiger partial charge >= 0.3 is 0 Å². The third kappa shape index (κ3) is 4.03. The lowest BCUT2D eigenvalue weighted by molar-refractivity contribution is -0.134. The van der Waals surface area contributed by atoms with E-state index in [2.05, 4.69) is 24.1 Å². The van der Waals surface area contributed by atoms with Gasteiger partial charge in [-0.25, -0.2) is 0 Å². The second kappa shape index (κ2) is 6.66. The Morgan fingerprint density at radius 1 is 1.58 bits per heavy atom. The minimum Gasteiger partial charge on any atom is -0.336 e.